The zero-order valence-corrected chi connectivity index (χ0v) is 27.5. The van der Waals surface area contributed by atoms with Crippen LogP contribution in [0.15, 0.2) is 4.99 Å². The second kappa shape index (κ2) is 29.4. The molecule has 0 aliphatic rings. The molecule has 0 radical (unpaired) electrons. The molecule has 38 heavy (non-hydrogen) atoms. The van der Waals surface area contributed by atoms with E-state index >= 15 is 0 Å². The minimum atomic E-state index is -0.781. The van der Waals surface area contributed by atoms with E-state index in [-0.39, 0.29) is 53.7 Å². The summed E-state index contributed by atoms with van der Waals surface area (Å²) in [7, 11) is 0. The maximum Gasteiger partial charge on any atom is 1.00 e. The van der Waals surface area contributed by atoms with E-state index in [1.54, 1.807) is 0 Å². The SMILES string of the molecule is CCCCCCCCCCCCCCCCCCNC(=O)[C@@H](N=C([O-])CCCCCCC(=O)O)C(C)C.[Na+]. The van der Waals surface area contributed by atoms with E-state index in [0.29, 0.717) is 25.8 Å². The average molecular weight is 547 g/mol. The molecule has 0 fully saturated rings. The van der Waals surface area contributed by atoms with Crippen LogP contribution in [0.2, 0.25) is 0 Å². The Kier molecular flexibility index (Phi) is 30.6. The molecule has 6 nitrogen and oxygen atoms in total. The summed E-state index contributed by atoms with van der Waals surface area (Å²) in [6, 6.07) is -0.624. The molecule has 0 rings (SSSR count). The Labute approximate surface area is 256 Å². The van der Waals surface area contributed by atoms with Gasteiger partial charge in [0.25, 0.3) is 0 Å². The first kappa shape index (κ1) is 39.6. The zero-order chi connectivity index (χ0) is 27.6. The Morgan fingerprint density at radius 1 is 0.684 bits per heavy atom. The van der Waals surface area contributed by atoms with Crippen LogP contribution in [0.4, 0.5) is 0 Å². The number of carbonyl (C=O) groups is 2. The number of unbranched alkanes of at least 4 members (excludes halogenated alkanes) is 18. The van der Waals surface area contributed by atoms with Gasteiger partial charge in [-0.25, -0.2) is 0 Å². The minimum Gasteiger partial charge on any atom is -0.862 e. The number of carboxylic acids is 1. The summed E-state index contributed by atoms with van der Waals surface area (Å²) < 4.78 is 0. The van der Waals surface area contributed by atoms with Crippen molar-refractivity contribution < 1.29 is 49.4 Å². The molecule has 0 aliphatic heterocycles. The van der Waals surface area contributed by atoms with Crippen molar-refractivity contribution in [3.63, 3.8) is 0 Å². The molecule has 1 amide bonds. The predicted molar refractivity (Wildman–Crippen MR) is 154 cm³/mol. The molecule has 0 aromatic rings. The summed E-state index contributed by atoms with van der Waals surface area (Å²) in [4.78, 5) is 27.2. The van der Waals surface area contributed by atoms with Crippen molar-refractivity contribution in [1.29, 1.82) is 0 Å². The van der Waals surface area contributed by atoms with E-state index in [2.05, 4.69) is 17.2 Å². The molecule has 218 valence electrons. The second-order valence-electron chi connectivity index (χ2n) is 11.1. The van der Waals surface area contributed by atoms with Gasteiger partial charge in [0.2, 0.25) is 5.91 Å². The zero-order valence-electron chi connectivity index (χ0n) is 25.5. The summed E-state index contributed by atoms with van der Waals surface area (Å²) in [5.74, 6) is -1.18. The van der Waals surface area contributed by atoms with Crippen molar-refractivity contribution in [1.82, 2.24) is 5.32 Å². The normalized spacial score (nSPS) is 12.4. The van der Waals surface area contributed by atoms with Crippen LogP contribution < -0.4 is 40.0 Å². The summed E-state index contributed by atoms with van der Waals surface area (Å²) >= 11 is 0. The number of aliphatic imine (C=N–C) groups is 1. The number of hydrogen-bond donors (Lipinski definition) is 2. The van der Waals surface area contributed by atoms with Crippen molar-refractivity contribution in [3.05, 3.63) is 0 Å². The maximum absolute atomic E-state index is 12.5. The largest absolute Gasteiger partial charge is 1.00 e. The molecule has 0 aromatic carbocycles. The van der Waals surface area contributed by atoms with Gasteiger partial charge in [-0.2, -0.15) is 0 Å². The number of aliphatic carboxylic acids is 1. The van der Waals surface area contributed by atoms with Gasteiger partial charge in [0.05, 0.1) is 0 Å². The first-order chi connectivity index (χ1) is 17.9. The number of hydrogen-bond acceptors (Lipinski definition) is 4. The van der Waals surface area contributed by atoms with Crippen LogP contribution in [0.25, 0.3) is 0 Å². The molecule has 0 heterocycles. The number of nitrogens with one attached hydrogen (secondary N) is 1. The molecule has 0 spiro atoms. The van der Waals surface area contributed by atoms with Crippen LogP contribution in [0.3, 0.4) is 0 Å². The topological polar surface area (TPSA) is 102 Å². The number of carboxylic acid groups (broad SMARTS) is 1. The number of amides is 1. The summed E-state index contributed by atoms with van der Waals surface area (Å²) in [6.45, 7) is 6.75. The van der Waals surface area contributed by atoms with Gasteiger partial charge in [-0.05, 0) is 37.5 Å². The molecule has 0 aliphatic carbocycles. The Morgan fingerprint density at radius 2 is 1.08 bits per heavy atom. The number of carbonyl (C=O) groups excluding carboxylic acids is 1. The van der Waals surface area contributed by atoms with Gasteiger partial charge in [-0.3, -0.25) is 14.6 Å². The third-order valence-electron chi connectivity index (χ3n) is 7.04. The molecule has 2 N–H and O–H groups in total. The van der Waals surface area contributed by atoms with E-state index < -0.39 is 12.0 Å². The van der Waals surface area contributed by atoms with Crippen molar-refractivity contribution in [2.24, 2.45) is 10.9 Å². The average Bonchev–Trinajstić information content (AvgIpc) is 2.86. The molecular weight excluding hydrogens is 487 g/mol. The first-order valence-electron chi connectivity index (χ1n) is 15.6. The monoisotopic (exact) mass is 546 g/mol. The van der Waals surface area contributed by atoms with Crippen LogP contribution in [0.5, 0.6) is 0 Å². The summed E-state index contributed by atoms with van der Waals surface area (Å²) in [6.07, 6.45) is 24.7. The third kappa shape index (κ3) is 27.0. The third-order valence-corrected chi connectivity index (χ3v) is 7.04. The van der Waals surface area contributed by atoms with Crippen molar-refractivity contribution >= 4 is 17.8 Å². The predicted octanol–water partition coefficient (Wildman–Crippen LogP) is 4.58. The Bertz CT molecular complexity index is 584. The number of nitrogens with zero attached hydrogens (tertiary/aromatic N) is 1. The van der Waals surface area contributed by atoms with Crippen molar-refractivity contribution in [2.75, 3.05) is 6.54 Å². The van der Waals surface area contributed by atoms with E-state index in [4.69, 9.17) is 5.11 Å². The van der Waals surface area contributed by atoms with Gasteiger partial charge in [0.1, 0.15) is 6.04 Å². The van der Waals surface area contributed by atoms with Gasteiger partial charge < -0.3 is 15.5 Å². The van der Waals surface area contributed by atoms with Crippen molar-refractivity contribution in [2.45, 2.75) is 168 Å². The Morgan fingerprint density at radius 3 is 1.50 bits per heavy atom. The van der Waals surface area contributed by atoms with E-state index in [9.17, 15) is 14.7 Å². The van der Waals surface area contributed by atoms with Gasteiger partial charge in [-0.1, -0.05) is 130 Å². The molecule has 0 unspecified atom stereocenters. The molecular formula is C31H59N2NaO4. The summed E-state index contributed by atoms with van der Waals surface area (Å²) in [5.41, 5.74) is 0. The quantitative estimate of drug-likeness (QED) is 0.0682. The second-order valence-corrected chi connectivity index (χ2v) is 11.1. The fraction of sp³-hybridized carbons (Fsp3) is 0.903. The molecule has 0 saturated carbocycles. The minimum absolute atomic E-state index is 0. The number of rotatable bonds is 27. The molecule has 1 atom stereocenters. The van der Waals surface area contributed by atoms with E-state index in [1.807, 2.05) is 13.8 Å². The summed E-state index contributed by atoms with van der Waals surface area (Å²) in [5, 5.41) is 23.8. The van der Waals surface area contributed by atoms with E-state index in [1.165, 1.54) is 89.9 Å². The first-order valence-corrected chi connectivity index (χ1v) is 15.6. The molecule has 0 aromatic heterocycles. The van der Waals surface area contributed by atoms with Crippen LogP contribution in [0, 0.1) is 5.92 Å². The van der Waals surface area contributed by atoms with Crippen LogP contribution in [-0.4, -0.2) is 35.5 Å². The van der Waals surface area contributed by atoms with Crippen molar-refractivity contribution in [3.8, 4) is 0 Å². The van der Waals surface area contributed by atoms with Gasteiger partial charge in [-0.15, -0.1) is 0 Å². The maximum atomic E-state index is 12.5. The Hall–Kier alpha value is -0.590. The van der Waals surface area contributed by atoms with Crippen LogP contribution in [0.1, 0.15) is 162 Å². The smallest absolute Gasteiger partial charge is 0.862 e. The van der Waals surface area contributed by atoms with Gasteiger partial charge in [0.15, 0.2) is 0 Å². The van der Waals surface area contributed by atoms with Gasteiger partial charge in [0, 0.05) is 13.0 Å². The fourth-order valence-electron chi connectivity index (χ4n) is 4.63. The standard InChI is InChI=1S/C31H60N2O4.Na/c1-4-5-6-7-8-9-10-11-12-13-14-15-16-17-20-23-26-32-31(37)30(27(2)3)33-28(34)24-21-18-19-22-25-29(35)36;/h27,30H,4-26H2,1-3H3,(H,32,37)(H,33,34)(H,35,36);/q;+1/p-1/t30-;/m0./s1. The molecule has 7 heteroatoms. The van der Waals surface area contributed by atoms with Gasteiger partial charge >= 0.3 is 35.5 Å². The van der Waals surface area contributed by atoms with Crippen LogP contribution in [-0.2, 0) is 9.59 Å². The molecule has 0 bridgehead atoms. The van der Waals surface area contributed by atoms with E-state index in [0.717, 1.165) is 25.7 Å². The fourth-order valence-corrected chi connectivity index (χ4v) is 4.63. The van der Waals surface area contributed by atoms with Crippen LogP contribution >= 0.6 is 0 Å². The Balaban J connectivity index is 0. The molecule has 0 saturated heterocycles.